The van der Waals surface area contributed by atoms with Crippen LogP contribution in [-0.4, -0.2) is 50.9 Å². The topological polar surface area (TPSA) is 80.8 Å². The summed E-state index contributed by atoms with van der Waals surface area (Å²) in [6.07, 6.45) is 0.932. The molecule has 4 atom stereocenters. The highest BCUT2D eigenvalue weighted by Gasteiger charge is 2.48. The Kier molecular flexibility index (Phi) is 3.27. The monoisotopic (exact) mass is 257 g/mol. The van der Waals surface area contributed by atoms with E-state index in [4.69, 9.17) is 5.11 Å². The molecule has 6 nitrogen and oxygen atoms in total. The van der Waals surface area contributed by atoms with E-state index in [1.165, 1.54) is 25.3 Å². The minimum absolute atomic E-state index is 0.0723. The third-order valence-corrected chi connectivity index (χ3v) is 3.21. The summed E-state index contributed by atoms with van der Waals surface area (Å²) in [7, 11) is 0. The quantitative estimate of drug-likeness (QED) is 0.523. The second-order valence-electron chi connectivity index (χ2n) is 4.43. The van der Waals surface area contributed by atoms with Crippen LogP contribution < -0.4 is 0 Å². The maximum Gasteiger partial charge on any atom is 0.495 e. The maximum atomic E-state index is 14.0. The fourth-order valence-corrected chi connectivity index (χ4v) is 2.09. The first-order valence-electron chi connectivity index (χ1n) is 5.57. The molecule has 2 aliphatic rings. The van der Waals surface area contributed by atoms with E-state index < -0.39 is 30.1 Å². The van der Waals surface area contributed by atoms with Gasteiger partial charge in [-0.1, -0.05) is 17.2 Å². The largest absolute Gasteiger partial charge is 0.495 e. The molecule has 2 rings (SSSR count). The Hall–Kier alpha value is -1.60. The Bertz CT molecular complexity index is 448. The molecular formula is C11H14FN2O4+. The second kappa shape index (κ2) is 4.58. The Morgan fingerprint density at radius 3 is 2.67 bits per heavy atom. The number of alkyl halides is 1. The van der Waals surface area contributed by atoms with Crippen LogP contribution in [0.1, 0.15) is 6.92 Å². The first-order chi connectivity index (χ1) is 8.47. The van der Waals surface area contributed by atoms with Gasteiger partial charge in [0.15, 0.2) is 6.17 Å². The molecule has 1 aliphatic heterocycles. The molecule has 0 aromatic heterocycles. The molecule has 4 unspecified atom stereocenters. The molecule has 1 amide bonds. The summed E-state index contributed by atoms with van der Waals surface area (Å²) in [5.74, 6) is -1.44. The van der Waals surface area contributed by atoms with Crippen molar-refractivity contribution < 1.29 is 24.3 Å². The first kappa shape index (κ1) is 12.8. The van der Waals surface area contributed by atoms with Crippen LogP contribution in [-0.2, 0) is 4.79 Å². The predicted molar refractivity (Wildman–Crippen MR) is 58.6 cm³/mol. The molecule has 0 aromatic carbocycles. The standard InChI is InChI=1S/C11H14FN2O4/c1-6-4-13(14(18)11(6)17)8-3-2-7(5-15)10(16)9(8)12/h2-4,7-10,15-16H,5H2,1H3/q+1. The van der Waals surface area contributed by atoms with Crippen LogP contribution in [0, 0.1) is 10.8 Å². The minimum Gasteiger partial charge on any atom is -0.396 e. The van der Waals surface area contributed by atoms with E-state index in [0.717, 1.165) is 5.01 Å². The molecule has 18 heavy (non-hydrogen) atoms. The van der Waals surface area contributed by atoms with E-state index in [1.54, 1.807) is 0 Å². The maximum absolute atomic E-state index is 14.0. The van der Waals surface area contributed by atoms with Gasteiger partial charge in [0.25, 0.3) is 0 Å². The molecule has 0 fully saturated rings. The number of halogens is 1. The summed E-state index contributed by atoms with van der Waals surface area (Å²) in [6.45, 7) is 1.08. The number of hydrazine groups is 1. The highest BCUT2D eigenvalue weighted by atomic mass is 19.1. The number of hydrogen-bond donors (Lipinski definition) is 2. The van der Waals surface area contributed by atoms with E-state index in [2.05, 4.69) is 0 Å². The third-order valence-electron chi connectivity index (χ3n) is 3.21. The van der Waals surface area contributed by atoms with E-state index in [0.29, 0.717) is 0 Å². The zero-order chi connectivity index (χ0) is 13.4. The summed E-state index contributed by atoms with van der Waals surface area (Å²) in [4.78, 5) is 22.9. The molecule has 0 saturated carbocycles. The second-order valence-corrected chi connectivity index (χ2v) is 4.43. The normalized spacial score (nSPS) is 36.2. The smallest absolute Gasteiger partial charge is 0.396 e. The van der Waals surface area contributed by atoms with Gasteiger partial charge >= 0.3 is 5.91 Å². The van der Waals surface area contributed by atoms with Gasteiger partial charge in [-0.15, -0.1) is 0 Å². The van der Waals surface area contributed by atoms with Crippen molar-refractivity contribution in [3.05, 3.63) is 28.8 Å². The number of nitrogens with zero attached hydrogens (tertiary/aromatic N) is 2. The number of rotatable bonds is 2. The van der Waals surface area contributed by atoms with Crippen molar-refractivity contribution in [2.75, 3.05) is 6.61 Å². The molecule has 1 heterocycles. The Balaban J connectivity index is 2.25. The van der Waals surface area contributed by atoms with Crippen LogP contribution >= 0.6 is 0 Å². The number of hydrogen-bond acceptors (Lipinski definition) is 4. The van der Waals surface area contributed by atoms with Crippen LogP contribution in [0.2, 0.25) is 0 Å². The van der Waals surface area contributed by atoms with Gasteiger partial charge in [-0.25, -0.2) is 9.18 Å². The molecule has 2 N–H and O–H groups in total. The van der Waals surface area contributed by atoms with Crippen LogP contribution in [0.15, 0.2) is 23.9 Å². The van der Waals surface area contributed by atoms with Gasteiger partial charge < -0.3 is 10.2 Å². The van der Waals surface area contributed by atoms with Gasteiger partial charge in [0.2, 0.25) is 4.87 Å². The van der Waals surface area contributed by atoms with Gasteiger partial charge in [-0.05, 0) is 6.92 Å². The number of aliphatic hydroxyl groups excluding tert-OH is 2. The number of carbonyl (C=O) groups excluding carboxylic acids is 1. The minimum atomic E-state index is -1.75. The molecule has 1 aliphatic carbocycles. The summed E-state index contributed by atoms with van der Waals surface area (Å²) in [5, 5.41) is 19.5. The van der Waals surface area contributed by atoms with Crippen molar-refractivity contribution in [1.29, 1.82) is 0 Å². The van der Waals surface area contributed by atoms with Gasteiger partial charge in [0.1, 0.15) is 6.04 Å². The lowest BCUT2D eigenvalue weighted by Gasteiger charge is -2.31. The fraction of sp³-hybridized carbons (Fsp3) is 0.545. The van der Waals surface area contributed by atoms with Crippen molar-refractivity contribution in [2.45, 2.75) is 25.2 Å². The highest BCUT2D eigenvalue weighted by Crippen LogP contribution is 2.27. The SMILES string of the molecule is CC1=CN(C2C=CC(CO)C(O)C2F)[N+](=O)C1=O. The van der Waals surface area contributed by atoms with Crippen molar-refractivity contribution >= 4 is 5.91 Å². The lowest BCUT2D eigenvalue weighted by Crippen LogP contribution is -2.50. The van der Waals surface area contributed by atoms with Crippen molar-refractivity contribution in [2.24, 2.45) is 5.92 Å². The molecule has 0 bridgehead atoms. The summed E-state index contributed by atoms with van der Waals surface area (Å²) in [5.41, 5.74) is 0.212. The third kappa shape index (κ3) is 1.85. The predicted octanol–water partition coefficient (Wildman–Crippen LogP) is -0.328. The van der Waals surface area contributed by atoms with E-state index in [-0.39, 0.29) is 17.0 Å². The van der Waals surface area contributed by atoms with Crippen LogP contribution in [0.3, 0.4) is 0 Å². The average molecular weight is 257 g/mol. The van der Waals surface area contributed by atoms with Crippen LogP contribution in [0.5, 0.6) is 0 Å². The Morgan fingerprint density at radius 2 is 2.17 bits per heavy atom. The van der Waals surface area contributed by atoms with E-state index in [9.17, 15) is 19.2 Å². The summed E-state index contributed by atoms with van der Waals surface area (Å²) < 4.78 is 14.0. The van der Waals surface area contributed by atoms with Crippen molar-refractivity contribution in [1.82, 2.24) is 5.01 Å². The molecule has 0 spiro atoms. The van der Waals surface area contributed by atoms with E-state index >= 15 is 0 Å². The van der Waals surface area contributed by atoms with Gasteiger partial charge in [0.05, 0.1) is 29.4 Å². The molecule has 0 aromatic rings. The summed E-state index contributed by atoms with van der Waals surface area (Å²) >= 11 is 0. The number of nitroso groups, excluding NO2 is 1. The Morgan fingerprint density at radius 1 is 1.50 bits per heavy atom. The van der Waals surface area contributed by atoms with Crippen molar-refractivity contribution in [3.8, 4) is 0 Å². The average Bonchev–Trinajstić information content (AvgIpc) is 2.60. The molecule has 0 radical (unpaired) electrons. The van der Waals surface area contributed by atoms with Gasteiger partial charge in [-0.3, -0.25) is 0 Å². The first-order valence-corrected chi connectivity index (χ1v) is 5.57. The van der Waals surface area contributed by atoms with Crippen molar-refractivity contribution in [3.63, 3.8) is 0 Å². The zero-order valence-corrected chi connectivity index (χ0v) is 9.73. The summed E-state index contributed by atoms with van der Waals surface area (Å²) in [6, 6.07) is -1.04. The molecule has 98 valence electrons. The number of aliphatic hydroxyl groups is 2. The highest BCUT2D eigenvalue weighted by molar-refractivity contribution is 5.86. The van der Waals surface area contributed by atoms with Crippen LogP contribution in [0.4, 0.5) is 4.39 Å². The molecule has 0 saturated heterocycles. The van der Waals surface area contributed by atoms with Crippen LogP contribution in [0.25, 0.3) is 0 Å². The zero-order valence-electron chi connectivity index (χ0n) is 9.73. The van der Waals surface area contributed by atoms with Gasteiger partial charge in [-0.2, -0.15) is 0 Å². The number of amides is 1. The Labute approximate surface area is 103 Å². The molecule has 7 heteroatoms. The fourth-order valence-electron chi connectivity index (χ4n) is 2.09. The van der Waals surface area contributed by atoms with Gasteiger partial charge in [0, 0.05) is 5.92 Å². The van der Waals surface area contributed by atoms with E-state index in [1.807, 2.05) is 0 Å². The molecular weight excluding hydrogens is 243 g/mol. The lowest BCUT2D eigenvalue weighted by atomic mass is 9.88. The lowest BCUT2D eigenvalue weighted by molar-refractivity contribution is -0.619. The number of carbonyl (C=O) groups is 1.